The lowest BCUT2D eigenvalue weighted by Crippen LogP contribution is -2.10. The second-order valence-electron chi connectivity index (χ2n) is 4.08. The van der Waals surface area contributed by atoms with E-state index in [4.69, 9.17) is 10.2 Å². The maximum atomic E-state index is 6.18. The summed E-state index contributed by atoms with van der Waals surface area (Å²) in [4.78, 5) is 4.33. The van der Waals surface area contributed by atoms with E-state index in [1.54, 1.807) is 6.20 Å². The summed E-state index contributed by atoms with van der Waals surface area (Å²) in [6.45, 7) is 0. The van der Waals surface area contributed by atoms with Crippen molar-refractivity contribution in [1.29, 1.82) is 0 Å². The number of nitrogens with two attached hydrogens (primary N) is 1. The van der Waals surface area contributed by atoms with E-state index in [0.717, 1.165) is 22.2 Å². The van der Waals surface area contributed by atoms with E-state index in [-0.39, 0.29) is 6.04 Å². The van der Waals surface area contributed by atoms with Crippen LogP contribution in [0.2, 0.25) is 0 Å². The number of pyridine rings is 1. The van der Waals surface area contributed by atoms with Crippen molar-refractivity contribution in [2.75, 3.05) is 0 Å². The highest BCUT2D eigenvalue weighted by atomic mass is 79.9. The predicted molar refractivity (Wildman–Crippen MR) is 74.2 cm³/mol. The summed E-state index contributed by atoms with van der Waals surface area (Å²) in [6.07, 6.45) is 1.78. The third kappa shape index (κ3) is 2.05. The van der Waals surface area contributed by atoms with E-state index >= 15 is 0 Å². The fourth-order valence-electron chi connectivity index (χ4n) is 1.94. The van der Waals surface area contributed by atoms with Crippen molar-refractivity contribution in [1.82, 2.24) is 4.98 Å². The average molecular weight is 303 g/mol. The normalized spacial score (nSPS) is 12.8. The summed E-state index contributed by atoms with van der Waals surface area (Å²) in [5, 5.41) is 1.11. The lowest BCUT2D eigenvalue weighted by atomic mass is 10.0. The zero-order chi connectivity index (χ0) is 12.5. The minimum atomic E-state index is -0.275. The Morgan fingerprint density at radius 2 is 2.06 bits per heavy atom. The second kappa shape index (κ2) is 4.55. The van der Waals surface area contributed by atoms with Crippen molar-refractivity contribution in [3.63, 3.8) is 0 Å². The third-order valence-electron chi connectivity index (χ3n) is 2.89. The zero-order valence-electron chi connectivity index (χ0n) is 9.51. The molecule has 1 unspecified atom stereocenters. The summed E-state index contributed by atoms with van der Waals surface area (Å²) < 4.78 is 6.17. The fourth-order valence-corrected chi connectivity index (χ4v) is 2.26. The van der Waals surface area contributed by atoms with E-state index < -0.39 is 0 Å². The van der Waals surface area contributed by atoms with Crippen LogP contribution in [0.25, 0.3) is 10.9 Å². The van der Waals surface area contributed by atoms with Gasteiger partial charge in [-0.25, -0.2) is 0 Å². The van der Waals surface area contributed by atoms with Gasteiger partial charge in [0.1, 0.15) is 5.76 Å². The third-order valence-corrected chi connectivity index (χ3v) is 3.32. The summed E-state index contributed by atoms with van der Waals surface area (Å²) >= 11 is 3.28. The van der Waals surface area contributed by atoms with Crippen molar-refractivity contribution in [2.45, 2.75) is 6.04 Å². The standard InChI is InChI=1S/C14H11BrN2O/c15-13-6-5-12(18-13)14(16)10-4-3-9-2-1-7-17-11(9)8-10/h1-8,14H,16H2. The second-order valence-corrected chi connectivity index (χ2v) is 4.86. The number of furan rings is 1. The van der Waals surface area contributed by atoms with Gasteiger partial charge in [0.05, 0.1) is 11.6 Å². The van der Waals surface area contributed by atoms with E-state index in [1.807, 2.05) is 42.5 Å². The molecule has 3 nitrogen and oxygen atoms in total. The summed E-state index contributed by atoms with van der Waals surface area (Å²) in [6, 6.07) is 13.4. The first-order chi connectivity index (χ1) is 8.74. The van der Waals surface area contributed by atoms with Crippen LogP contribution in [0.5, 0.6) is 0 Å². The number of hydrogen-bond donors (Lipinski definition) is 1. The maximum absolute atomic E-state index is 6.18. The summed E-state index contributed by atoms with van der Waals surface area (Å²) in [5.41, 5.74) is 8.11. The molecule has 2 aromatic heterocycles. The van der Waals surface area contributed by atoms with Crippen LogP contribution < -0.4 is 5.73 Å². The molecule has 0 radical (unpaired) electrons. The number of benzene rings is 1. The Kier molecular flexibility index (Phi) is 2.89. The minimum Gasteiger partial charge on any atom is -0.452 e. The molecule has 0 saturated carbocycles. The van der Waals surface area contributed by atoms with Gasteiger partial charge in [0, 0.05) is 11.6 Å². The number of hydrogen-bond acceptors (Lipinski definition) is 3. The van der Waals surface area contributed by atoms with Crippen LogP contribution >= 0.6 is 15.9 Å². The monoisotopic (exact) mass is 302 g/mol. The summed E-state index contributed by atoms with van der Waals surface area (Å²) in [5.74, 6) is 0.733. The lowest BCUT2D eigenvalue weighted by Gasteiger charge is -2.09. The Balaban J connectivity index is 2.03. The van der Waals surface area contributed by atoms with Gasteiger partial charge in [-0.05, 0) is 45.8 Å². The Morgan fingerprint density at radius 3 is 2.83 bits per heavy atom. The number of fused-ring (bicyclic) bond motifs is 1. The largest absolute Gasteiger partial charge is 0.452 e. The molecule has 0 fully saturated rings. The Morgan fingerprint density at radius 1 is 1.17 bits per heavy atom. The number of halogens is 1. The fraction of sp³-hybridized carbons (Fsp3) is 0.0714. The molecular weight excluding hydrogens is 292 g/mol. The first-order valence-electron chi connectivity index (χ1n) is 5.59. The summed E-state index contributed by atoms with van der Waals surface area (Å²) in [7, 11) is 0. The van der Waals surface area contributed by atoms with Crippen molar-refractivity contribution < 1.29 is 4.42 Å². The molecule has 0 saturated heterocycles. The highest BCUT2D eigenvalue weighted by Gasteiger charge is 2.13. The molecule has 0 spiro atoms. The maximum Gasteiger partial charge on any atom is 0.169 e. The molecule has 0 bridgehead atoms. The number of rotatable bonds is 2. The molecule has 1 atom stereocenters. The molecule has 90 valence electrons. The molecule has 3 aromatic rings. The van der Waals surface area contributed by atoms with Gasteiger partial charge in [0.25, 0.3) is 0 Å². The average Bonchev–Trinajstić information content (AvgIpc) is 2.84. The molecule has 4 heteroatoms. The van der Waals surface area contributed by atoms with Gasteiger partial charge in [-0.1, -0.05) is 18.2 Å². The quantitative estimate of drug-likeness (QED) is 0.786. The molecule has 2 N–H and O–H groups in total. The highest BCUT2D eigenvalue weighted by molar-refractivity contribution is 9.10. The van der Waals surface area contributed by atoms with Gasteiger partial charge in [-0.15, -0.1) is 0 Å². The van der Waals surface area contributed by atoms with Crippen molar-refractivity contribution in [3.8, 4) is 0 Å². The van der Waals surface area contributed by atoms with Crippen LogP contribution in [0, 0.1) is 0 Å². The molecule has 0 aliphatic carbocycles. The molecule has 18 heavy (non-hydrogen) atoms. The zero-order valence-corrected chi connectivity index (χ0v) is 11.1. The Hall–Kier alpha value is -1.65. The van der Waals surface area contributed by atoms with E-state index in [2.05, 4.69) is 20.9 Å². The van der Waals surface area contributed by atoms with E-state index in [0.29, 0.717) is 4.67 Å². The molecule has 1 aromatic carbocycles. The lowest BCUT2D eigenvalue weighted by molar-refractivity contribution is 0.470. The molecule has 0 aliphatic heterocycles. The number of nitrogens with zero attached hydrogens (tertiary/aromatic N) is 1. The van der Waals surface area contributed by atoms with Crippen LogP contribution in [0.1, 0.15) is 17.4 Å². The van der Waals surface area contributed by atoms with Crippen LogP contribution in [0.3, 0.4) is 0 Å². The molecule has 0 amide bonds. The first kappa shape index (κ1) is 11.4. The number of aromatic nitrogens is 1. The molecule has 2 heterocycles. The van der Waals surface area contributed by atoms with Gasteiger partial charge >= 0.3 is 0 Å². The first-order valence-corrected chi connectivity index (χ1v) is 6.39. The van der Waals surface area contributed by atoms with Crippen molar-refractivity contribution >= 4 is 26.8 Å². The van der Waals surface area contributed by atoms with E-state index in [1.165, 1.54) is 0 Å². The van der Waals surface area contributed by atoms with E-state index in [9.17, 15) is 0 Å². The molecule has 3 rings (SSSR count). The van der Waals surface area contributed by atoms with Crippen LogP contribution in [0.15, 0.2) is 57.7 Å². The minimum absolute atomic E-state index is 0.275. The van der Waals surface area contributed by atoms with Gasteiger partial charge in [-0.3, -0.25) is 4.98 Å². The smallest absolute Gasteiger partial charge is 0.169 e. The molecule has 0 aliphatic rings. The molecular formula is C14H11BrN2O. The Labute approximate surface area is 113 Å². The Bertz CT molecular complexity index is 693. The van der Waals surface area contributed by atoms with Crippen LogP contribution in [0.4, 0.5) is 0 Å². The van der Waals surface area contributed by atoms with Crippen molar-refractivity contribution in [2.24, 2.45) is 5.73 Å². The van der Waals surface area contributed by atoms with Gasteiger partial charge in [0.15, 0.2) is 4.67 Å². The van der Waals surface area contributed by atoms with Gasteiger partial charge in [0.2, 0.25) is 0 Å². The predicted octanol–water partition coefficient (Wildman–Crippen LogP) is 3.64. The van der Waals surface area contributed by atoms with Crippen LogP contribution in [-0.4, -0.2) is 4.98 Å². The van der Waals surface area contributed by atoms with Gasteiger partial charge in [-0.2, -0.15) is 0 Å². The van der Waals surface area contributed by atoms with Crippen molar-refractivity contribution in [3.05, 3.63) is 64.7 Å². The highest BCUT2D eigenvalue weighted by Crippen LogP contribution is 2.25. The topological polar surface area (TPSA) is 52.0 Å². The SMILES string of the molecule is NC(c1ccc2cccnc2c1)c1ccc(Br)o1. The van der Waals surface area contributed by atoms with Crippen LogP contribution in [-0.2, 0) is 0 Å². The van der Waals surface area contributed by atoms with Gasteiger partial charge < -0.3 is 10.2 Å².